The minimum Gasteiger partial charge on any atom is -0.480 e. The first-order valence-electron chi connectivity index (χ1n) is 5.92. The zero-order valence-corrected chi connectivity index (χ0v) is 11.4. The molecule has 0 saturated carbocycles. The van der Waals surface area contributed by atoms with Gasteiger partial charge in [0.25, 0.3) is 0 Å². The van der Waals surface area contributed by atoms with E-state index in [1.807, 2.05) is 0 Å². The molecule has 0 aromatic heterocycles. The number of urea groups is 1. The van der Waals surface area contributed by atoms with Gasteiger partial charge in [-0.25, -0.2) is 9.59 Å². The molecule has 110 valence electrons. The number of carboxylic acids is 1. The van der Waals surface area contributed by atoms with Crippen LogP contribution in [0.4, 0.5) is 4.79 Å². The first kappa shape index (κ1) is 17.2. The van der Waals surface area contributed by atoms with Crippen molar-refractivity contribution in [2.24, 2.45) is 0 Å². The average molecular weight is 275 g/mol. The molecule has 0 radical (unpaired) electrons. The van der Waals surface area contributed by atoms with Crippen molar-refractivity contribution in [1.29, 1.82) is 0 Å². The maximum Gasteiger partial charge on any atom is 0.326 e. The van der Waals surface area contributed by atoms with Gasteiger partial charge in [0.05, 0.1) is 0 Å². The van der Waals surface area contributed by atoms with Crippen LogP contribution in [0.25, 0.3) is 0 Å². The third-order valence-electron chi connectivity index (χ3n) is 2.31. The van der Waals surface area contributed by atoms with Crippen LogP contribution in [0.1, 0.15) is 13.3 Å². The number of carboxylic acid groups (broad SMARTS) is 1. The molecule has 0 aliphatic carbocycles. The lowest BCUT2D eigenvalue weighted by Crippen LogP contribution is -2.49. The standard InChI is InChI=1S/C11H21N3O5/c1-4-12-9(15)7-14(2)11(18)13-8(10(16)17)5-6-19-3/h8H,4-7H2,1-3H3,(H,12,15)(H,13,18)(H,16,17). The van der Waals surface area contributed by atoms with E-state index < -0.39 is 18.0 Å². The van der Waals surface area contributed by atoms with Crippen LogP contribution >= 0.6 is 0 Å². The first-order chi connectivity index (χ1) is 8.92. The molecule has 0 heterocycles. The van der Waals surface area contributed by atoms with Crippen molar-refractivity contribution >= 4 is 17.9 Å². The molecule has 1 atom stereocenters. The Balaban J connectivity index is 4.30. The van der Waals surface area contributed by atoms with Gasteiger partial charge in [-0.1, -0.05) is 0 Å². The van der Waals surface area contributed by atoms with Crippen molar-refractivity contribution in [1.82, 2.24) is 15.5 Å². The van der Waals surface area contributed by atoms with Crippen molar-refractivity contribution in [3.63, 3.8) is 0 Å². The molecule has 0 fully saturated rings. The highest BCUT2D eigenvalue weighted by Gasteiger charge is 2.22. The quantitative estimate of drug-likeness (QED) is 0.540. The minimum absolute atomic E-state index is 0.129. The summed E-state index contributed by atoms with van der Waals surface area (Å²) >= 11 is 0. The summed E-state index contributed by atoms with van der Waals surface area (Å²) in [5.74, 6) is -1.44. The molecule has 0 aliphatic heterocycles. The second-order valence-electron chi connectivity index (χ2n) is 3.93. The molecular formula is C11H21N3O5. The number of rotatable bonds is 8. The minimum atomic E-state index is -1.14. The van der Waals surface area contributed by atoms with Gasteiger partial charge in [0, 0.05) is 33.7 Å². The van der Waals surface area contributed by atoms with Crippen LogP contribution in [0.3, 0.4) is 0 Å². The molecule has 0 aromatic rings. The summed E-state index contributed by atoms with van der Waals surface area (Å²) in [7, 11) is 2.86. The molecule has 1 unspecified atom stereocenters. The van der Waals surface area contributed by atoms with Crippen LogP contribution in [0, 0.1) is 0 Å². The van der Waals surface area contributed by atoms with E-state index in [9.17, 15) is 14.4 Å². The van der Waals surface area contributed by atoms with Gasteiger partial charge in [-0.3, -0.25) is 4.79 Å². The smallest absolute Gasteiger partial charge is 0.326 e. The SMILES string of the molecule is CCNC(=O)CN(C)C(=O)NC(CCOC)C(=O)O. The van der Waals surface area contributed by atoms with Gasteiger partial charge in [-0.2, -0.15) is 0 Å². The Hall–Kier alpha value is -1.83. The number of hydrogen-bond acceptors (Lipinski definition) is 4. The summed E-state index contributed by atoms with van der Waals surface area (Å²) in [6.45, 7) is 2.33. The predicted molar refractivity (Wildman–Crippen MR) is 67.8 cm³/mol. The van der Waals surface area contributed by atoms with Gasteiger partial charge >= 0.3 is 12.0 Å². The predicted octanol–water partition coefficient (Wildman–Crippen LogP) is -0.746. The molecule has 3 amide bonds. The third kappa shape index (κ3) is 7.24. The number of amides is 3. The maximum absolute atomic E-state index is 11.7. The fourth-order valence-electron chi connectivity index (χ4n) is 1.29. The summed E-state index contributed by atoms with van der Waals surface area (Å²) in [5, 5.41) is 13.8. The van der Waals surface area contributed by atoms with Crippen LogP contribution < -0.4 is 10.6 Å². The summed E-state index contributed by atoms with van der Waals surface area (Å²) in [4.78, 5) is 35.0. The monoisotopic (exact) mass is 275 g/mol. The van der Waals surface area contributed by atoms with E-state index in [4.69, 9.17) is 9.84 Å². The average Bonchev–Trinajstić information content (AvgIpc) is 2.33. The highest BCUT2D eigenvalue weighted by atomic mass is 16.5. The van der Waals surface area contributed by atoms with E-state index in [2.05, 4.69) is 10.6 Å². The Labute approximate surface area is 112 Å². The maximum atomic E-state index is 11.7. The van der Waals surface area contributed by atoms with Crippen molar-refractivity contribution in [3.8, 4) is 0 Å². The normalized spacial score (nSPS) is 11.5. The number of carbonyl (C=O) groups excluding carboxylic acids is 2. The largest absolute Gasteiger partial charge is 0.480 e. The molecule has 0 saturated heterocycles. The molecule has 8 nitrogen and oxygen atoms in total. The molecule has 0 spiro atoms. The van der Waals surface area contributed by atoms with Crippen LogP contribution in [-0.2, 0) is 14.3 Å². The lowest BCUT2D eigenvalue weighted by Gasteiger charge is -2.20. The molecule has 3 N–H and O–H groups in total. The van der Waals surface area contributed by atoms with Crippen molar-refractivity contribution in [2.45, 2.75) is 19.4 Å². The van der Waals surface area contributed by atoms with Gasteiger partial charge in [0.1, 0.15) is 12.6 Å². The fourth-order valence-corrected chi connectivity index (χ4v) is 1.29. The van der Waals surface area contributed by atoms with Crippen LogP contribution in [-0.4, -0.2) is 67.8 Å². The Morgan fingerprint density at radius 1 is 1.37 bits per heavy atom. The molecule has 0 aliphatic rings. The van der Waals surface area contributed by atoms with E-state index in [0.29, 0.717) is 6.54 Å². The lowest BCUT2D eigenvalue weighted by molar-refractivity contribution is -0.139. The Morgan fingerprint density at radius 3 is 2.47 bits per heavy atom. The number of hydrogen-bond donors (Lipinski definition) is 3. The van der Waals surface area contributed by atoms with Crippen molar-refractivity contribution < 1.29 is 24.2 Å². The topological polar surface area (TPSA) is 108 Å². The van der Waals surface area contributed by atoms with E-state index in [0.717, 1.165) is 4.90 Å². The number of aliphatic carboxylic acids is 1. The summed E-state index contributed by atoms with van der Waals surface area (Å²) in [6.07, 6.45) is 0.159. The lowest BCUT2D eigenvalue weighted by atomic mass is 10.2. The second kappa shape index (κ2) is 9.15. The van der Waals surface area contributed by atoms with Crippen LogP contribution in [0.2, 0.25) is 0 Å². The Kier molecular flexibility index (Phi) is 8.27. The van der Waals surface area contributed by atoms with Gasteiger partial charge in [0.2, 0.25) is 5.91 Å². The first-order valence-corrected chi connectivity index (χ1v) is 5.92. The number of nitrogens with zero attached hydrogens (tertiary/aromatic N) is 1. The summed E-state index contributed by atoms with van der Waals surface area (Å²) < 4.78 is 4.77. The summed E-state index contributed by atoms with van der Waals surface area (Å²) in [5.41, 5.74) is 0. The zero-order chi connectivity index (χ0) is 14.8. The Morgan fingerprint density at radius 2 is 2.00 bits per heavy atom. The number of nitrogens with one attached hydrogen (secondary N) is 2. The second-order valence-corrected chi connectivity index (χ2v) is 3.93. The van der Waals surface area contributed by atoms with E-state index in [1.165, 1.54) is 14.2 Å². The van der Waals surface area contributed by atoms with Gasteiger partial charge in [-0.05, 0) is 6.92 Å². The van der Waals surface area contributed by atoms with Gasteiger partial charge in [-0.15, -0.1) is 0 Å². The number of carbonyl (C=O) groups is 3. The number of methoxy groups -OCH3 is 1. The van der Waals surface area contributed by atoms with E-state index in [-0.39, 0.29) is 25.5 Å². The molecule has 8 heteroatoms. The fraction of sp³-hybridized carbons (Fsp3) is 0.727. The van der Waals surface area contributed by atoms with Crippen LogP contribution in [0.15, 0.2) is 0 Å². The van der Waals surface area contributed by atoms with E-state index >= 15 is 0 Å². The highest BCUT2D eigenvalue weighted by molar-refractivity contribution is 5.86. The van der Waals surface area contributed by atoms with Crippen molar-refractivity contribution in [2.75, 3.05) is 33.9 Å². The molecule has 0 rings (SSSR count). The van der Waals surface area contributed by atoms with Gasteiger partial charge in [0.15, 0.2) is 0 Å². The Bertz CT molecular complexity index is 321. The number of likely N-dealkylation sites (N-methyl/N-ethyl adjacent to an activating group) is 2. The highest BCUT2D eigenvalue weighted by Crippen LogP contribution is 1.95. The molecule has 19 heavy (non-hydrogen) atoms. The summed E-state index contributed by atoms with van der Waals surface area (Å²) in [6, 6.07) is -1.65. The third-order valence-corrected chi connectivity index (χ3v) is 2.31. The number of ether oxygens (including phenoxy) is 1. The van der Waals surface area contributed by atoms with Crippen molar-refractivity contribution in [3.05, 3.63) is 0 Å². The molecule has 0 bridgehead atoms. The van der Waals surface area contributed by atoms with Gasteiger partial charge < -0.3 is 25.4 Å². The zero-order valence-electron chi connectivity index (χ0n) is 11.4. The molecule has 0 aromatic carbocycles. The van der Waals surface area contributed by atoms with Crippen LogP contribution in [0.5, 0.6) is 0 Å². The van der Waals surface area contributed by atoms with E-state index in [1.54, 1.807) is 6.92 Å². The molecular weight excluding hydrogens is 254 g/mol.